The van der Waals surface area contributed by atoms with Gasteiger partial charge in [-0.2, -0.15) is 0 Å². The zero-order chi connectivity index (χ0) is 13.9. The largest absolute Gasteiger partial charge is 0.457 e. The van der Waals surface area contributed by atoms with Gasteiger partial charge in [0.05, 0.1) is 0 Å². The first-order valence-corrected chi connectivity index (χ1v) is 5.75. The lowest BCUT2D eigenvalue weighted by Gasteiger charge is -2.42. The monoisotopic (exact) mass is 260 g/mol. The van der Waals surface area contributed by atoms with Gasteiger partial charge >= 0.3 is 11.9 Å². The molecule has 1 aliphatic carbocycles. The molecule has 0 radical (unpaired) electrons. The Morgan fingerprint density at radius 3 is 1.83 bits per heavy atom. The van der Waals surface area contributed by atoms with Crippen molar-refractivity contribution in [3.63, 3.8) is 0 Å². The molecule has 1 saturated carbocycles. The summed E-state index contributed by atoms with van der Waals surface area (Å²) in [5, 5.41) is 0. The van der Waals surface area contributed by atoms with Crippen molar-refractivity contribution in [2.45, 2.75) is 50.7 Å². The van der Waals surface area contributed by atoms with E-state index in [4.69, 9.17) is 25.7 Å². The number of hydrogen-bond acceptors (Lipinski definition) is 7. The van der Waals surface area contributed by atoms with Crippen LogP contribution in [0.3, 0.4) is 0 Å². The molecule has 1 fully saturated rings. The third-order valence-corrected chi connectivity index (χ3v) is 2.91. The molecule has 5 atom stereocenters. The highest BCUT2D eigenvalue weighted by Gasteiger charge is 2.46. The maximum Gasteiger partial charge on any atom is 0.303 e. The van der Waals surface area contributed by atoms with E-state index >= 15 is 0 Å². The summed E-state index contributed by atoms with van der Waals surface area (Å²) in [4.78, 5) is 22.2. The van der Waals surface area contributed by atoms with Gasteiger partial charge in [0.2, 0.25) is 0 Å². The second-order valence-electron chi connectivity index (χ2n) is 4.41. The summed E-state index contributed by atoms with van der Waals surface area (Å²) >= 11 is 0. The average Bonchev–Trinajstić information content (AvgIpc) is 2.23. The molecule has 1 rings (SSSR count). The molecule has 0 aromatic rings. The molecular weight excluding hydrogens is 240 g/mol. The second kappa shape index (κ2) is 6.12. The van der Waals surface area contributed by atoms with Crippen molar-refractivity contribution < 1.29 is 23.8 Å². The first-order valence-electron chi connectivity index (χ1n) is 5.75. The summed E-state index contributed by atoms with van der Waals surface area (Å²) in [7, 11) is 1.46. The minimum absolute atomic E-state index is 0.374. The quantitative estimate of drug-likeness (QED) is 0.620. The summed E-state index contributed by atoms with van der Waals surface area (Å²) in [5.41, 5.74) is 11.8. The van der Waals surface area contributed by atoms with Gasteiger partial charge in [0.1, 0.15) is 6.10 Å². The predicted molar refractivity (Wildman–Crippen MR) is 62.5 cm³/mol. The van der Waals surface area contributed by atoms with E-state index in [2.05, 4.69) is 0 Å². The van der Waals surface area contributed by atoms with Gasteiger partial charge in [-0.15, -0.1) is 0 Å². The molecule has 0 spiro atoms. The van der Waals surface area contributed by atoms with Crippen LogP contribution in [0.4, 0.5) is 0 Å². The van der Waals surface area contributed by atoms with Crippen molar-refractivity contribution in [1.29, 1.82) is 0 Å². The lowest BCUT2D eigenvalue weighted by Crippen LogP contribution is -2.63. The first-order chi connectivity index (χ1) is 8.36. The highest BCUT2D eigenvalue weighted by Crippen LogP contribution is 2.25. The van der Waals surface area contributed by atoms with Crippen LogP contribution in [0, 0.1) is 0 Å². The van der Waals surface area contributed by atoms with Gasteiger partial charge < -0.3 is 25.7 Å². The molecule has 0 aliphatic heterocycles. The van der Waals surface area contributed by atoms with E-state index in [1.165, 1.54) is 21.0 Å². The number of esters is 2. The molecule has 0 saturated heterocycles. The first kappa shape index (κ1) is 14.9. The van der Waals surface area contributed by atoms with Gasteiger partial charge in [-0.05, 0) is 6.42 Å². The standard InChI is InChI=1S/C11H20N2O5/c1-5(14)17-10-8(13)4-7(12)9(16-3)11(10)18-6(2)15/h7-11H,4,12-13H2,1-3H3/t7-,8+,9+,10-,11-/m0/s1. The fourth-order valence-electron chi connectivity index (χ4n) is 2.24. The van der Waals surface area contributed by atoms with E-state index in [9.17, 15) is 9.59 Å². The number of hydrogen-bond donors (Lipinski definition) is 2. The normalized spacial score (nSPS) is 35.9. The summed E-state index contributed by atoms with van der Waals surface area (Å²) in [5.74, 6) is -0.988. The Morgan fingerprint density at radius 2 is 1.39 bits per heavy atom. The Hall–Kier alpha value is -1.18. The Kier molecular flexibility index (Phi) is 5.06. The van der Waals surface area contributed by atoms with E-state index in [1.807, 2.05) is 0 Å². The zero-order valence-corrected chi connectivity index (χ0v) is 10.8. The van der Waals surface area contributed by atoms with E-state index < -0.39 is 36.3 Å². The van der Waals surface area contributed by atoms with E-state index in [0.717, 1.165) is 0 Å². The molecule has 0 amide bonds. The summed E-state index contributed by atoms with van der Waals surface area (Å²) in [6.45, 7) is 2.54. The van der Waals surface area contributed by atoms with Crippen LogP contribution in [0.5, 0.6) is 0 Å². The molecule has 0 heterocycles. The lowest BCUT2D eigenvalue weighted by molar-refractivity contribution is -0.187. The molecule has 0 aromatic carbocycles. The van der Waals surface area contributed by atoms with Crippen LogP contribution in [-0.2, 0) is 23.8 Å². The van der Waals surface area contributed by atoms with Gasteiger partial charge in [-0.25, -0.2) is 0 Å². The van der Waals surface area contributed by atoms with Crippen molar-refractivity contribution in [3.8, 4) is 0 Å². The number of methoxy groups -OCH3 is 1. The van der Waals surface area contributed by atoms with Crippen LogP contribution in [0.2, 0.25) is 0 Å². The van der Waals surface area contributed by atoms with Crippen molar-refractivity contribution in [3.05, 3.63) is 0 Å². The van der Waals surface area contributed by atoms with Crippen LogP contribution in [0.1, 0.15) is 20.3 Å². The number of rotatable bonds is 3. The molecule has 18 heavy (non-hydrogen) atoms. The fourth-order valence-corrected chi connectivity index (χ4v) is 2.24. The number of carbonyl (C=O) groups is 2. The SMILES string of the molecule is CO[C@H]1[C@H](OC(C)=O)[C@@H](OC(C)=O)[C@H](N)C[C@@H]1N. The smallest absolute Gasteiger partial charge is 0.303 e. The van der Waals surface area contributed by atoms with Crippen LogP contribution in [0.25, 0.3) is 0 Å². The van der Waals surface area contributed by atoms with Crippen molar-refractivity contribution in [2.24, 2.45) is 11.5 Å². The molecule has 0 unspecified atom stereocenters. The van der Waals surface area contributed by atoms with Gasteiger partial charge in [0.25, 0.3) is 0 Å². The van der Waals surface area contributed by atoms with Crippen LogP contribution < -0.4 is 11.5 Å². The van der Waals surface area contributed by atoms with E-state index in [1.54, 1.807) is 0 Å². The minimum Gasteiger partial charge on any atom is -0.457 e. The molecular formula is C11H20N2O5. The van der Waals surface area contributed by atoms with Crippen LogP contribution in [0.15, 0.2) is 0 Å². The summed E-state index contributed by atoms with van der Waals surface area (Å²) in [6, 6.07) is -0.860. The molecule has 4 N–H and O–H groups in total. The summed E-state index contributed by atoms with van der Waals surface area (Å²) < 4.78 is 15.5. The second-order valence-corrected chi connectivity index (χ2v) is 4.41. The number of carbonyl (C=O) groups excluding carboxylic acids is 2. The third kappa shape index (κ3) is 3.41. The fraction of sp³-hybridized carbons (Fsp3) is 0.818. The number of nitrogens with two attached hydrogens (primary N) is 2. The highest BCUT2D eigenvalue weighted by molar-refractivity contribution is 5.67. The Morgan fingerprint density at radius 1 is 0.944 bits per heavy atom. The van der Waals surface area contributed by atoms with Gasteiger partial charge in [0.15, 0.2) is 12.2 Å². The van der Waals surface area contributed by atoms with E-state index in [-0.39, 0.29) is 6.04 Å². The predicted octanol–water partition coefficient (Wildman–Crippen LogP) is -1.08. The number of ether oxygens (including phenoxy) is 3. The Balaban J connectivity index is 2.93. The molecule has 104 valence electrons. The van der Waals surface area contributed by atoms with Crippen LogP contribution in [-0.4, -0.2) is 49.4 Å². The van der Waals surface area contributed by atoms with Crippen molar-refractivity contribution in [1.82, 2.24) is 0 Å². The van der Waals surface area contributed by atoms with Gasteiger partial charge in [-0.3, -0.25) is 9.59 Å². The Bertz CT molecular complexity index is 323. The minimum atomic E-state index is -0.782. The van der Waals surface area contributed by atoms with E-state index in [0.29, 0.717) is 6.42 Å². The highest BCUT2D eigenvalue weighted by atomic mass is 16.6. The van der Waals surface area contributed by atoms with Gasteiger partial charge in [-0.1, -0.05) is 0 Å². The molecule has 0 aromatic heterocycles. The lowest BCUT2D eigenvalue weighted by atomic mass is 9.84. The molecule has 1 aliphatic rings. The molecule has 7 nitrogen and oxygen atoms in total. The average molecular weight is 260 g/mol. The Labute approximate surface area is 106 Å². The summed E-state index contributed by atoms with van der Waals surface area (Å²) in [6.07, 6.45) is -1.64. The maximum absolute atomic E-state index is 11.1. The van der Waals surface area contributed by atoms with Crippen molar-refractivity contribution in [2.75, 3.05) is 7.11 Å². The third-order valence-electron chi connectivity index (χ3n) is 2.91. The molecule has 7 heteroatoms. The molecule has 0 bridgehead atoms. The maximum atomic E-state index is 11.1. The zero-order valence-electron chi connectivity index (χ0n) is 10.8. The topological polar surface area (TPSA) is 114 Å². The van der Waals surface area contributed by atoms with Crippen LogP contribution >= 0.6 is 0 Å². The van der Waals surface area contributed by atoms with Gasteiger partial charge in [0, 0.05) is 33.0 Å². The van der Waals surface area contributed by atoms with Crippen molar-refractivity contribution >= 4 is 11.9 Å².